The number of carbonyl (C=O) groups is 1. The fourth-order valence-electron chi connectivity index (χ4n) is 2.56. The van der Waals surface area contributed by atoms with Crippen LogP contribution in [0.1, 0.15) is 64.4 Å². The first kappa shape index (κ1) is 22.2. The third kappa shape index (κ3) is 8.02. The number of hydrogen-bond donors (Lipinski definition) is 2. The molecule has 1 aromatic rings. The van der Waals surface area contributed by atoms with E-state index in [2.05, 4.69) is 13.5 Å². The van der Waals surface area contributed by atoms with Crippen molar-refractivity contribution in [3.05, 3.63) is 42.5 Å². The zero-order valence-electron chi connectivity index (χ0n) is 15.9. The Kier molecular flexibility index (Phi) is 9.99. The van der Waals surface area contributed by atoms with E-state index >= 15 is 0 Å². The molecule has 5 nitrogen and oxygen atoms in total. The summed E-state index contributed by atoms with van der Waals surface area (Å²) in [6, 6.07) is 7.19. The number of benzene rings is 1. The van der Waals surface area contributed by atoms with Crippen LogP contribution in [0.3, 0.4) is 0 Å². The number of hydrogen-bond acceptors (Lipinski definition) is 5. The first-order chi connectivity index (χ1) is 12.4. The lowest BCUT2D eigenvalue weighted by Crippen LogP contribution is -2.50. The fourth-order valence-corrected chi connectivity index (χ4v) is 2.56. The van der Waals surface area contributed by atoms with E-state index in [0.717, 1.165) is 18.9 Å². The standard InChI is InChI=1S/C21H32O5/c1-4-6-7-8-9-10-11-12-18-13-15-19(16-14-18)25-21(24,17(3)22)26-20(23)5-2/h5,13-17,22,24H,2,4,6-12H2,1,3H3. The molecule has 5 heteroatoms. The van der Waals surface area contributed by atoms with Crippen LogP contribution >= 0.6 is 0 Å². The topological polar surface area (TPSA) is 76.0 Å². The van der Waals surface area contributed by atoms with Gasteiger partial charge in [-0.1, -0.05) is 64.2 Å². The molecule has 0 aliphatic heterocycles. The van der Waals surface area contributed by atoms with Crippen molar-refractivity contribution in [3.63, 3.8) is 0 Å². The van der Waals surface area contributed by atoms with Gasteiger partial charge >= 0.3 is 11.9 Å². The van der Waals surface area contributed by atoms with Gasteiger partial charge in [0.2, 0.25) is 0 Å². The monoisotopic (exact) mass is 364 g/mol. The number of aliphatic hydroxyl groups excluding tert-OH is 1. The van der Waals surface area contributed by atoms with Crippen LogP contribution in [0.5, 0.6) is 5.75 Å². The van der Waals surface area contributed by atoms with Gasteiger partial charge in [-0.2, -0.15) is 0 Å². The van der Waals surface area contributed by atoms with Gasteiger partial charge in [-0.15, -0.1) is 0 Å². The molecule has 0 bridgehead atoms. The number of esters is 1. The van der Waals surface area contributed by atoms with E-state index in [9.17, 15) is 15.0 Å². The van der Waals surface area contributed by atoms with Crippen LogP contribution in [0, 0.1) is 0 Å². The third-order valence-corrected chi connectivity index (χ3v) is 4.20. The molecule has 0 spiro atoms. The zero-order chi connectivity index (χ0) is 19.4. The van der Waals surface area contributed by atoms with Gasteiger partial charge in [0.05, 0.1) is 0 Å². The van der Waals surface area contributed by atoms with E-state index in [-0.39, 0.29) is 0 Å². The summed E-state index contributed by atoms with van der Waals surface area (Å²) in [6.45, 7) is 6.75. The smallest absolute Gasteiger partial charge is 0.398 e. The maximum atomic E-state index is 11.3. The first-order valence-corrected chi connectivity index (χ1v) is 9.45. The van der Waals surface area contributed by atoms with Gasteiger partial charge in [0, 0.05) is 6.08 Å². The lowest BCUT2D eigenvalue weighted by atomic mass is 10.0. The lowest BCUT2D eigenvalue weighted by molar-refractivity contribution is -0.336. The highest BCUT2D eigenvalue weighted by atomic mass is 16.8. The van der Waals surface area contributed by atoms with Crippen molar-refractivity contribution in [1.82, 2.24) is 0 Å². The Morgan fingerprint density at radius 3 is 2.27 bits per heavy atom. The van der Waals surface area contributed by atoms with Crippen molar-refractivity contribution in [3.8, 4) is 5.75 Å². The molecular weight excluding hydrogens is 332 g/mol. The normalized spacial score (nSPS) is 14.3. The number of unbranched alkanes of at least 4 members (excludes halogenated alkanes) is 6. The molecule has 0 saturated carbocycles. The van der Waals surface area contributed by atoms with Gasteiger partial charge in [0.25, 0.3) is 0 Å². The molecular formula is C21H32O5. The van der Waals surface area contributed by atoms with Crippen LogP contribution in [-0.4, -0.2) is 28.3 Å². The van der Waals surface area contributed by atoms with Gasteiger partial charge in [-0.25, -0.2) is 4.79 Å². The summed E-state index contributed by atoms with van der Waals surface area (Å²) in [5, 5.41) is 19.9. The van der Waals surface area contributed by atoms with Gasteiger partial charge < -0.3 is 19.7 Å². The van der Waals surface area contributed by atoms with Crippen molar-refractivity contribution in [2.45, 2.75) is 77.3 Å². The van der Waals surface area contributed by atoms with Crippen LogP contribution in [-0.2, 0) is 16.0 Å². The largest absolute Gasteiger partial charge is 0.428 e. The van der Waals surface area contributed by atoms with Crippen LogP contribution in [0.4, 0.5) is 0 Å². The van der Waals surface area contributed by atoms with E-state index in [1.54, 1.807) is 12.1 Å². The fraction of sp³-hybridized carbons (Fsp3) is 0.571. The average Bonchev–Trinajstić information content (AvgIpc) is 2.62. The second-order valence-corrected chi connectivity index (χ2v) is 6.55. The highest BCUT2D eigenvalue weighted by molar-refractivity contribution is 5.81. The highest BCUT2D eigenvalue weighted by Gasteiger charge is 2.40. The van der Waals surface area contributed by atoms with Crippen molar-refractivity contribution in [1.29, 1.82) is 0 Å². The van der Waals surface area contributed by atoms with E-state index in [1.165, 1.54) is 51.0 Å². The van der Waals surface area contributed by atoms with Crippen molar-refractivity contribution in [2.75, 3.05) is 0 Å². The maximum absolute atomic E-state index is 11.3. The van der Waals surface area contributed by atoms with Crippen LogP contribution < -0.4 is 4.74 Å². The third-order valence-electron chi connectivity index (χ3n) is 4.20. The summed E-state index contributed by atoms with van der Waals surface area (Å²) < 4.78 is 10.0. The highest BCUT2D eigenvalue weighted by Crippen LogP contribution is 2.22. The zero-order valence-corrected chi connectivity index (χ0v) is 15.9. The molecule has 0 heterocycles. The minimum Gasteiger partial charge on any atom is -0.428 e. The van der Waals surface area contributed by atoms with E-state index in [1.807, 2.05) is 12.1 Å². The van der Waals surface area contributed by atoms with Gasteiger partial charge in [-0.3, -0.25) is 0 Å². The number of aliphatic hydroxyl groups is 2. The van der Waals surface area contributed by atoms with Crippen LogP contribution in [0.15, 0.2) is 36.9 Å². The molecule has 26 heavy (non-hydrogen) atoms. The van der Waals surface area contributed by atoms with Gasteiger partial charge in [0.15, 0.2) is 6.10 Å². The lowest BCUT2D eigenvalue weighted by Gasteiger charge is -2.29. The SMILES string of the molecule is C=CC(=O)OC(O)(Oc1ccc(CCCCCCCCC)cc1)C(C)O. The molecule has 0 fully saturated rings. The summed E-state index contributed by atoms with van der Waals surface area (Å²) in [5.74, 6) is -3.04. The predicted octanol–water partition coefficient (Wildman–Crippen LogP) is 4.11. The average molecular weight is 364 g/mol. The Hall–Kier alpha value is -1.85. The molecule has 0 radical (unpaired) electrons. The Balaban J connectivity index is 2.47. The Labute approximate surface area is 156 Å². The van der Waals surface area contributed by atoms with Crippen molar-refractivity contribution in [2.24, 2.45) is 0 Å². The molecule has 0 aliphatic carbocycles. The number of carbonyl (C=O) groups excluding carboxylic acids is 1. The minimum absolute atomic E-state index is 0.300. The number of rotatable bonds is 13. The molecule has 1 rings (SSSR count). The second-order valence-electron chi connectivity index (χ2n) is 6.55. The summed E-state index contributed by atoms with van der Waals surface area (Å²) >= 11 is 0. The number of aryl methyl sites for hydroxylation is 1. The second kappa shape index (κ2) is 11.7. The quantitative estimate of drug-likeness (QED) is 0.238. The molecule has 0 aromatic heterocycles. The van der Waals surface area contributed by atoms with E-state index < -0.39 is 18.0 Å². The maximum Gasteiger partial charge on any atom is 0.398 e. The summed E-state index contributed by atoms with van der Waals surface area (Å²) in [6.07, 6.45) is 9.31. The molecule has 1 aromatic carbocycles. The Bertz CT molecular complexity index is 538. The van der Waals surface area contributed by atoms with Crippen LogP contribution in [0.25, 0.3) is 0 Å². The molecule has 0 amide bonds. The minimum atomic E-state index is -2.45. The first-order valence-electron chi connectivity index (χ1n) is 9.45. The number of ether oxygens (including phenoxy) is 2. The predicted molar refractivity (Wildman–Crippen MR) is 102 cm³/mol. The van der Waals surface area contributed by atoms with Gasteiger partial charge in [0.1, 0.15) is 5.75 Å². The van der Waals surface area contributed by atoms with E-state index in [0.29, 0.717) is 5.75 Å². The molecule has 2 atom stereocenters. The Morgan fingerprint density at radius 1 is 1.15 bits per heavy atom. The molecule has 0 aliphatic rings. The van der Waals surface area contributed by atoms with Crippen molar-refractivity contribution < 1.29 is 24.5 Å². The van der Waals surface area contributed by atoms with Gasteiger partial charge in [-0.05, 0) is 37.5 Å². The molecule has 2 unspecified atom stereocenters. The summed E-state index contributed by atoms with van der Waals surface area (Å²) in [5.41, 5.74) is 1.18. The molecule has 0 saturated heterocycles. The van der Waals surface area contributed by atoms with E-state index in [4.69, 9.17) is 9.47 Å². The summed E-state index contributed by atoms with van der Waals surface area (Å²) in [7, 11) is 0. The molecule has 146 valence electrons. The van der Waals surface area contributed by atoms with Crippen molar-refractivity contribution >= 4 is 5.97 Å². The van der Waals surface area contributed by atoms with Crippen LogP contribution in [0.2, 0.25) is 0 Å². The molecule has 2 N–H and O–H groups in total. The Morgan fingerprint density at radius 2 is 1.73 bits per heavy atom. The summed E-state index contributed by atoms with van der Waals surface area (Å²) in [4.78, 5) is 11.3.